The van der Waals surface area contributed by atoms with E-state index in [0.29, 0.717) is 18.0 Å². The van der Waals surface area contributed by atoms with Crippen LogP contribution in [0.5, 0.6) is 0 Å². The summed E-state index contributed by atoms with van der Waals surface area (Å²) in [6, 6.07) is 5.87. The number of benzene rings is 1. The van der Waals surface area contributed by atoms with E-state index in [4.69, 9.17) is 0 Å². The second kappa shape index (κ2) is 6.27. The number of nitrogens with one attached hydrogen (secondary N) is 1. The maximum absolute atomic E-state index is 12.7. The first-order chi connectivity index (χ1) is 8.66. The molecule has 100 valence electrons. The van der Waals surface area contributed by atoms with Crippen LogP contribution in [0.25, 0.3) is 0 Å². The van der Waals surface area contributed by atoms with E-state index in [9.17, 15) is 14.6 Å². The highest BCUT2D eigenvalue weighted by Gasteiger charge is 2.24. The van der Waals surface area contributed by atoms with Crippen LogP contribution in [0, 0.1) is 11.7 Å². The van der Waals surface area contributed by atoms with Gasteiger partial charge in [-0.2, -0.15) is 0 Å². The maximum Gasteiger partial charge on any atom is 0.123 e. The summed E-state index contributed by atoms with van der Waals surface area (Å²) >= 11 is 0. The summed E-state index contributed by atoms with van der Waals surface area (Å²) < 4.78 is 12.7. The van der Waals surface area contributed by atoms with Crippen molar-refractivity contribution in [1.29, 1.82) is 0 Å². The van der Waals surface area contributed by atoms with Crippen molar-refractivity contribution >= 4 is 0 Å². The van der Waals surface area contributed by atoms with Gasteiger partial charge in [-0.3, -0.25) is 0 Å². The molecule has 0 aromatic heterocycles. The number of rotatable bonds is 5. The van der Waals surface area contributed by atoms with E-state index < -0.39 is 6.10 Å². The highest BCUT2D eigenvalue weighted by atomic mass is 19.1. The predicted octanol–water partition coefficient (Wildman–Crippen LogP) is 1.61. The molecule has 3 nitrogen and oxygen atoms in total. The molecule has 1 aromatic rings. The number of halogens is 1. The van der Waals surface area contributed by atoms with Gasteiger partial charge >= 0.3 is 0 Å². The van der Waals surface area contributed by atoms with Crippen LogP contribution in [-0.4, -0.2) is 29.4 Å². The molecule has 1 aromatic carbocycles. The molecule has 0 spiro atoms. The molecule has 4 heteroatoms. The molecule has 2 rings (SSSR count). The second-order valence-corrected chi connectivity index (χ2v) is 4.98. The van der Waals surface area contributed by atoms with Crippen molar-refractivity contribution in [2.75, 3.05) is 13.1 Å². The second-order valence-electron chi connectivity index (χ2n) is 4.98. The fraction of sp³-hybridized carbons (Fsp3) is 0.571. The van der Waals surface area contributed by atoms with Crippen molar-refractivity contribution in [2.45, 2.75) is 31.5 Å². The molecule has 3 atom stereocenters. The van der Waals surface area contributed by atoms with Gasteiger partial charge in [-0.25, -0.2) is 4.39 Å². The first-order valence-corrected chi connectivity index (χ1v) is 6.49. The molecule has 0 saturated heterocycles. The summed E-state index contributed by atoms with van der Waals surface area (Å²) in [7, 11) is 0. The van der Waals surface area contributed by atoms with E-state index in [1.807, 2.05) is 0 Å². The van der Waals surface area contributed by atoms with Crippen molar-refractivity contribution in [1.82, 2.24) is 5.32 Å². The fourth-order valence-corrected chi connectivity index (χ4v) is 2.46. The van der Waals surface area contributed by atoms with Crippen molar-refractivity contribution in [3.05, 3.63) is 35.6 Å². The van der Waals surface area contributed by atoms with Crippen molar-refractivity contribution in [3.63, 3.8) is 0 Å². The molecular formula is C14H20FNO2. The minimum absolute atomic E-state index is 0.208. The van der Waals surface area contributed by atoms with Gasteiger partial charge in [0, 0.05) is 13.1 Å². The maximum atomic E-state index is 12.7. The van der Waals surface area contributed by atoms with Gasteiger partial charge in [-0.1, -0.05) is 18.6 Å². The Labute approximate surface area is 107 Å². The van der Waals surface area contributed by atoms with Crippen LogP contribution in [-0.2, 0) is 0 Å². The third-order valence-corrected chi connectivity index (χ3v) is 3.62. The minimum Gasteiger partial charge on any atom is -0.393 e. The quantitative estimate of drug-likeness (QED) is 0.747. The van der Waals surface area contributed by atoms with Gasteiger partial charge in [0.05, 0.1) is 12.2 Å². The summed E-state index contributed by atoms with van der Waals surface area (Å²) in [6.07, 6.45) is 2.16. The molecule has 3 N–H and O–H groups in total. The van der Waals surface area contributed by atoms with E-state index >= 15 is 0 Å². The lowest BCUT2D eigenvalue weighted by molar-refractivity contribution is 0.124. The van der Waals surface area contributed by atoms with Gasteiger partial charge in [-0.05, 0) is 36.5 Å². The SMILES string of the molecule is OC(CNCC1CCCC1O)c1ccc(F)cc1. The topological polar surface area (TPSA) is 52.5 Å². The smallest absolute Gasteiger partial charge is 0.123 e. The van der Waals surface area contributed by atoms with Gasteiger partial charge in [0.15, 0.2) is 0 Å². The molecule has 1 aliphatic rings. The molecular weight excluding hydrogens is 233 g/mol. The first kappa shape index (κ1) is 13.5. The Kier molecular flexibility index (Phi) is 4.69. The Bertz CT molecular complexity index is 369. The molecule has 1 fully saturated rings. The lowest BCUT2D eigenvalue weighted by Crippen LogP contribution is -2.30. The standard InChI is InChI=1S/C14H20FNO2/c15-12-6-4-10(5-7-12)14(18)9-16-8-11-2-1-3-13(11)17/h4-7,11,13-14,16-18H,1-3,8-9H2. The zero-order chi connectivity index (χ0) is 13.0. The van der Waals surface area contributed by atoms with Crippen LogP contribution in [0.2, 0.25) is 0 Å². The summed E-state index contributed by atoms with van der Waals surface area (Å²) in [5.74, 6) is -0.00148. The average molecular weight is 253 g/mol. The third kappa shape index (κ3) is 3.51. The molecule has 0 radical (unpaired) electrons. The zero-order valence-corrected chi connectivity index (χ0v) is 10.3. The molecule has 1 aliphatic carbocycles. The Morgan fingerprint density at radius 3 is 2.61 bits per heavy atom. The van der Waals surface area contributed by atoms with Gasteiger partial charge in [-0.15, -0.1) is 0 Å². The first-order valence-electron chi connectivity index (χ1n) is 6.49. The van der Waals surface area contributed by atoms with Crippen LogP contribution < -0.4 is 5.32 Å². The summed E-state index contributed by atoms with van der Waals surface area (Å²) in [4.78, 5) is 0. The molecule has 1 saturated carbocycles. The third-order valence-electron chi connectivity index (χ3n) is 3.62. The Morgan fingerprint density at radius 2 is 2.00 bits per heavy atom. The number of aliphatic hydroxyl groups excluding tert-OH is 2. The summed E-state index contributed by atoms with van der Waals surface area (Å²) in [6.45, 7) is 1.15. The van der Waals surface area contributed by atoms with Gasteiger partial charge in [0.2, 0.25) is 0 Å². The zero-order valence-electron chi connectivity index (χ0n) is 10.3. The average Bonchev–Trinajstić information content (AvgIpc) is 2.76. The van der Waals surface area contributed by atoms with E-state index in [2.05, 4.69) is 5.32 Å². The van der Waals surface area contributed by atoms with Crippen molar-refractivity contribution < 1.29 is 14.6 Å². The largest absolute Gasteiger partial charge is 0.393 e. The van der Waals surface area contributed by atoms with E-state index in [1.165, 1.54) is 12.1 Å². The highest BCUT2D eigenvalue weighted by Crippen LogP contribution is 2.24. The number of aliphatic hydroxyl groups is 2. The fourth-order valence-electron chi connectivity index (χ4n) is 2.46. The van der Waals surface area contributed by atoms with Gasteiger partial charge in [0.25, 0.3) is 0 Å². The van der Waals surface area contributed by atoms with Crippen LogP contribution in [0.15, 0.2) is 24.3 Å². The van der Waals surface area contributed by atoms with Crippen LogP contribution in [0.1, 0.15) is 30.9 Å². The van der Waals surface area contributed by atoms with Gasteiger partial charge in [0.1, 0.15) is 5.82 Å². The van der Waals surface area contributed by atoms with E-state index in [1.54, 1.807) is 12.1 Å². The Balaban J connectivity index is 1.74. The van der Waals surface area contributed by atoms with E-state index in [0.717, 1.165) is 25.8 Å². The van der Waals surface area contributed by atoms with Crippen LogP contribution in [0.4, 0.5) is 4.39 Å². The molecule has 18 heavy (non-hydrogen) atoms. The number of hydrogen-bond acceptors (Lipinski definition) is 3. The van der Waals surface area contributed by atoms with Crippen molar-refractivity contribution in [3.8, 4) is 0 Å². The normalized spacial score (nSPS) is 25.3. The minimum atomic E-state index is -0.635. The Hall–Kier alpha value is -0.970. The number of hydrogen-bond donors (Lipinski definition) is 3. The monoisotopic (exact) mass is 253 g/mol. The van der Waals surface area contributed by atoms with E-state index in [-0.39, 0.29) is 11.9 Å². The Morgan fingerprint density at radius 1 is 1.28 bits per heavy atom. The molecule has 0 bridgehead atoms. The summed E-state index contributed by atoms with van der Waals surface area (Å²) in [5.41, 5.74) is 0.705. The molecule has 0 amide bonds. The molecule has 0 heterocycles. The van der Waals surface area contributed by atoms with Crippen LogP contribution >= 0.6 is 0 Å². The lowest BCUT2D eigenvalue weighted by atomic mass is 10.1. The lowest BCUT2D eigenvalue weighted by Gasteiger charge is -2.17. The van der Waals surface area contributed by atoms with Crippen LogP contribution in [0.3, 0.4) is 0 Å². The molecule has 3 unspecified atom stereocenters. The summed E-state index contributed by atoms with van der Waals surface area (Å²) in [5, 5.41) is 22.7. The predicted molar refractivity (Wildman–Crippen MR) is 67.6 cm³/mol. The van der Waals surface area contributed by atoms with Crippen molar-refractivity contribution in [2.24, 2.45) is 5.92 Å². The highest BCUT2D eigenvalue weighted by molar-refractivity contribution is 5.18. The van der Waals surface area contributed by atoms with Gasteiger partial charge < -0.3 is 15.5 Å². The molecule has 0 aliphatic heterocycles.